The van der Waals surface area contributed by atoms with Gasteiger partial charge in [0.2, 0.25) is 0 Å². The average Bonchev–Trinajstić information content (AvgIpc) is 2.69. The van der Waals surface area contributed by atoms with Crippen molar-refractivity contribution in [2.45, 2.75) is 6.54 Å². The maximum Gasteiger partial charge on any atom is 0.182 e. The summed E-state index contributed by atoms with van der Waals surface area (Å²) in [7, 11) is 0. The van der Waals surface area contributed by atoms with Gasteiger partial charge in [-0.05, 0) is 17.7 Å². The lowest BCUT2D eigenvalue weighted by Gasteiger charge is -2.00. The van der Waals surface area contributed by atoms with Crippen LogP contribution in [0, 0.1) is 0 Å². The van der Waals surface area contributed by atoms with Gasteiger partial charge in [0.05, 0.1) is 0 Å². The summed E-state index contributed by atoms with van der Waals surface area (Å²) in [6.45, 7) is 0.802. The Morgan fingerprint density at radius 2 is 2.08 bits per heavy atom. The first-order chi connectivity index (χ1) is 6.45. The monoisotopic (exact) mass is 191 g/mol. The molecule has 2 aromatic heterocycles. The first kappa shape index (κ1) is 8.19. The topological polar surface area (TPSA) is 37.8 Å². The van der Waals surface area contributed by atoms with Crippen LogP contribution in [0.15, 0.2) is 36.1 Å². The van der Waals surface area contributed by atoms with E-state index >= 15 is 0 Å². The van der Waals surface area contributed by atoms with Crippen molar-refractivity contribution in [1.82, 2.24) is 9.97 Å². The number of nitrogens with zero attached hydrogens (tertiary/aromatic N) is 2. The van der Waals surface area contributed by atoms with E-state index in [4.69, 9.17) is 0 Å². The summed E-state index contributed by atoms with van der Waals surface area (Å²) < 4.78 is 0. The van der Waals surface area contributed by atoms with E-state index in [0.29, 0.717) is 0 Å². The molecule has 0 amide bonds. The van der Waals surface area contributed by atoms with Crippen LogP contribution < -0.4 is 5.32 Å². The van der Waals surface area contributed by atoms with Crippen molar-refractivity contribution < 1.29 is 0 Å². The van der Waals surface area contributed by atoms with Crippen LogP contribution in [0.4, 0.5) is 5.13 Å². The lowest BCUT2D eigenvalue weighted by atomic mass is 10.3. The molecule has 2 heterocycles. The highest BCUT2D eigenvalue weighted by Crippen LogP contribution is 2.11. The number of hydrogen-bond acceptors (Lipinski definition) is 4. The van der Waals surface area contributed by atoms with Gasteiger partial charge in [0.1, 0.15) is 0 Å². The molecule has 1 N–H and O–H groups in total. The van der Waals surface area contributed by atoms with Gasteiger partial charge in [0.15, 0.2) is 5.13 Å². The maximum atomic E-state index is 4.12. The Morgan fingerprint density at radius 3 is 2.77 bits per heavy atom. The Kier molecular flexibility index (Phi) is 2.52. The average molecular weight is 191 g/mol. The molecule has 3 nitrogen and oxygen atoms in total. The van der Waals surface area contributed by atoms with Crippen molar-refractivity contribution in [3.8, 4) is 0 Å². The lowest BCUT2D eigenvalue weighted by Crippen LogP contribution is -1.98. The summed E-state index contributed by atoms with van der Waals surface area (Å²) in [6.07, 6.45) is 5.37. The molecule has 0 bridgehead atoms. The number of aromatic nitrogens is 2. The fraction of sp³-hybridized carbons (Fsp3) is 0.111. The van der Waals surface area contributed by atoms with E-state index < -0.39 is 0 Å². The molecular formula is C9H9N3S. The number of nitrogens with one attached hydrogen (secondary N) is 1. The molecule has 66 valence electrons. The molecule has 4 heteroatoms. The summed E-state index contributed by atoms with van der Waals surface area (Å²) in [5, 5.41) is 6.13. The van der Waals surface area contributed by atoms with Gasteiger partial charge in [0.25, 0.3) is 0 Å². The molecule has 0 saturated carbocycles. The molecule has 0 radical (unpaired) electrons. The highest BCUT2D eigenvalue weighted by molar-refractivity contribution is 7.13. The molecule has 0 aliphatic carbocycles. The first-order valence-electron chi connectivity index (χ1n) is 3.97. The van der Waals surface area contributed by atoms with Gasteiger partial charge in [-0.25, -0.2) is 4.98 Å². The molecular weight excluding hydrogens is 182 g/mol. The Morgan fingerprint density at radius 1 is 1.23 bits per heavy atom. The maximum absolute atomic E-state index is 4.12. The lowest BCUT2D eigenvalue weighted by molar-refractivity contribution is 1.12. The van der Waals surface area contributed by atoms with Crippen LogP contribution in [0.25, 0.3) is 0 Å². The second kappa shape index (κ2) is 4.00. The van der Waals surface area contributed by atoms with Crippen LogP contribution >= 0.6 is 11.3 Å². The normalized spacial score (nSPS) is 9.85. The number of hydrogen-bond donors (Lipinski definition) is 1. The van der Waals surface area contributed by atoms with E-state index in [1.165, 1.54) is 5.56 Å². The molecule has 2 aromatic rings. The molecule has 0 aliphatic heterocycles. The number of thiazole rings is 1. The number of pyridine rings is 1. The summed E-state index contributed by atoms with van der Waals surface area (Å²) in [5.74, 6) is 0. The zero-order chi connectivity index (χ0) is 8.93. The zero-order valence-electron chi connectivity index (χ0n) is 6.97. The van der Waals surface area contributed by atoms with E-state index in [9.17, 15) is 0 Å². The zero-order valence-corrected chi connectivity index (χ0v) is 7.79. The van der Waals surface area contributed by atoms with E-state index in [-0.39, 0.29) is 0 Å². The van der Waals surface area contributed by atoms with Crippen LogP contribution in [-0.4, -0.2) is 9.97 Å². The minimum Gasteiger partial charge on any atom is -0.357 e. The van der Waals surface area contributed by atoms with Crippen LogP contribution in [0.5, 0.6) is 0 Å². The SMILES string of the molecule is c1cc(CNc2nccs2)ccn1. The van der Waals surface area contributed by atoms with Gasteiger partial charge in [-0.1, -0.05) is 0 Å². The van der Waals surface area contributed by atoms with Crippen molar-refractivity contribution in [1.29, 1.82) is 0 Å². The summed E-state index contributed by atoms with van der Waals surface area (Å²) in [5.41, 5.74) is 1.21. The van der Waals surface area contributed by atoms with E-state index in [2.05, 4.69) is 15.3 Å². The van der Waals surface area contributed by atoms with Crippen LogP contribution in [-0.2, 0) is 6.54 Å². The quantitative estimate of drug-likeness (QED) is 0.807. The third kappa shape index (κ3) is 2.26. The minimum absolute atomic E-state index is 0.802. The Labute approximate surface area is 80.5 Å². The minimum atomic E-state index is 0.802. The van der Waals surface area contributed by atoms with E-state index in [1.807, 2.05) is 17.5 Å². The van der Waals surface area contributed by atoms with Crippen molar-refractivity contribution >= 4 is 16.5 Å². The Balaban J connectivity index is 1.94. The highest BCUT2D eigenvalue weighted by atomic mass is 32.1. The van der Waals surface area contributed by atoms with Crippen molar-refractivity contribution in [3.63, 3.8) is 0 Å². The highest BCUT2D eigenvalue weighted by Gasteiger charge is 1.93. The molecule has 0 unspecified atom stereocenters. The standard InChI is InChI=1S/C9H9N3S/c1-3-10-4-2-8(1)7-12-9-11-5-6-13-9/h1-6H,7H2,(H,11,12). The second-order valence-corrected chi connectivity index (χ2v) is 3.44. The first-order valence-corrected chi connectivity index (χ1v) is 4.85. The Bertz CT molecular complexity index is 344. The van der Waals surface area contributed by atoms with Crippen molar-refractivity contribution in [2.75, 3.05) is 5.32 Å². The molecule has 0 fully saturated rings. The van der Waals surface area contributed by atoms with E-state index in [0.717, 1.165) is 11.7 Å². The molecule has 0 aromatic carbocycles. The smallest absolute Gasteiger partial charge is 0.182 e. The van der Waals surface area contributed by atoms with Crippen molar-refractivity contribution in [3.05, 3.63) is 41.7 Å². The second-order valence-electron chi connectivity index (χ2n) is 2.55. The fourth-order valence-electron chi connectivity index (χ4n) is 0.989. The van der Waals surface area contributed by atoms with Gasteiger partial charge < -0.3 is 5.32 Å². The van der Waals surface area contributed by atoms with Gasteiger partial charge in [-0.2, -0.15) is 0 Å². The fourth-order valence-corrected chi connectivity index (χ4v) is 1.52. The van der Waals surface area contributed by atoms with Gasteiger partial charge >= 0.3 is 0 Å². The van der Waals surface area contributed by atoms with Crippen LogP contribution in [0.2, 0.25) is 0 Å². The van der Waals surface area contributed by atoms with E-state index in [1.54, 1.807) is 29.9 Å². The Hall–Kier alpha value is -1.42. The summed E-state index contributed by atoms with van der Waals surface area (Å²) >= 11 is 1.60. The van der Waals surface area contributed by atoms with Gasteiger partial charge in [-0.3, -0.25) is 4.98 Å². The third-order valence-corrected chi connectivity index (χ3v) is 2.36. The third-order valence-electron chi connectivity index (χ3n) is 1.63. The summed E-state index contributed by atoms with van der Waals surface area (Å²) in [4.78, 5) is 8.07. The number of rotatable bonds is 3. The molecule has 13 heavy (non-hydrogen) atoms. The van der Waals surface area contributed by atoms with Gasteiger partial charge in [0, 0.05) is 30.5 Å². The molecule has 0 spiro atoms. The molecule has 2 rings (SSSR count). The summed E-state index contributed by atoms with van der Waals surface area (Å²) in [6, 6.07) is 3.97. The predicted molar refractivity (Wildman–Crippen MR) is 53.7 cm³/mol. The van der Waals surface area contributed by atoms with Gasteiger partial charge in [-0.15, -0.1) is 11.3 Å². The molecule has 0 saturated heterocycles. The molecule has 0 atom stereocenters. The van der Waals surface area contributed by atoms with Crippen LogP contribution in [0.1, 0.15) is 5.56 Å². The largest absolute Gasteiger partial charge is 0.357 e. The van der Waals surface area contributed by atoms with Crippen molar-refractivity contribution in [2.24, 2.45) is 0 Å². The predicted octanol–water partition coefficient (Wildman–Crippen LogP) is 2.15. The number of anilines is 1. The van der Waals surface area contributed by atoms with Crippen LogP contribution in [0.3, 0.4) is 0 Å². The molecule has 0 aliphatic rings.